The van der Waals surface area contributed by atoms with E-state index >= 15 is 0 Å². The molecule has 0 N–H and O–H groups in total. The van der Waals surface area contributed by atoms with Crippen molar-refractivity contribution in [1.82, 2.24) is 4.90 Å². The van der Waals surface area contributed by atoms with E-state index in [9.17, 15) is 75.4 Å². The van der Waals surface area contributed by atoms with Gasteiger partial charge in [-0.15, -0.1) is 4.90 Å². The molecule has 0 aromatic heterocycles. The van der Waals surface area contributed by atoms with Gasteiger partial charge in [-0.2, -0.15) is 65.9 Å². The molecular weight excluding hydrogens is 427 g/mol. The van der Waals surface area contributed by atoms with Crippen LogP contribution in [0.15, 0.2) is 0 Å². The molecule has 3 nitrogen and oxygen atoms in total. The van der Waals surface area contributed by atoms with Gasteiger partial charge in [-0.3, -0.25) is 9.59 Å². The van der Waals surface area contributed by atoms with Gasteiger partial charge in [-0.05, 0) is 0 Å². The van der Waals surface area contributed by atoms with E-state index in [0.29, 0.717) is 0 Å². The fourth-order valence-corrected chi connectivity index (χ4v) is 1.17. The summed E-state index contributed by atoms with van der Waals surface area (Å²) in [5.41, 5.74) is 0. The number of alkyl halides is 13. The van der Waals surface area contributed by atoms with Crippen molar-refractivity contribution in [3.8, 4) is 0 Å². The van der Waals surface area contributed by atoms with E-state index in [-0.39, 0.29) is 0 Å². The molecule has 26 heavy (non-hydrogen) atoms. The molecule has 0 saturated heterocycles. The number of carbonyl (C=O) groups is 2. The summed E-state index contributed by atoms with van der Waals surface area (Å²) in [4.78, 5) is 14.7. The summed E-state index contributed by atoms with van der Waals surface area (Å²) in [6.45, 7) is 0. The summed E-state index contributed by atoms with van der Waals surface area (Å²) in [5, 5.41) is 0. The summed E-state index contributed by atoms with van der Waals surface area (Å²) in [6.07, 6.45) is -7.76. The van der Waals surface area contributed by atoms with Gasteiger partial charge in [0.2, 0.25) is 0 Å². The van der Waals surface area contributed by atoms with Crippen molar-refractivity contribution in [2.24, 2.45) is 0 Å². The Balaban J connectivity index is 7.02. The standard InChI is InChI=1S/C8F15NO2/c9-1(25)3(11,12)6(18,19)24(8(22,23)5(15,16)17)7(20,21)4(13,14)2(10)26. The first kappa shape index (κ1) is 24.2. The van der Waals surface area contributed by atoms with Crippen LogP contribution in [0.5, 0.6) is 0 Å². The van der Waals surface area contributed by atoms with Gasteiger partial charge in [-0.1, -0.05) is 0 Å². The number of carbonyl (C=O) groups excluding carboxylic acids is 2. The van der Waals surface area contributed by atoms with Crippen LogP contribution < -0.4 is 0 Å². The molecule has 0 aliphatic carbocycles. The highest BCUT2D eigenvalue weighted by molar-refractivity contribution is 5.78. The SMILES string of the molecule is O=C(F)C(F)(F)C(F)(F)N(C(F)(F)C(F)(F)F)C(F)(F)C(F)(F)C(=O)F. The largest absolute Gasteiger partial charge is 0.469 e. The molecule has 0 aromatic rings. The topological polar surface area (TPSA) is 37.4 Å². The molecule has 0 aromatic carbocycles. The molecule has 0 saturated carbocycles. The number of nitrogens with zero attached hydrogens (tertiary/aromatic N) is 1. The summed E-state index contributed by atoms with van der Waals surface area (Å²) >= 11 is 0. The molecule has 0 unspecified atom stereocenters. The number of hydrogen-bond donors (Lipinski definition) is 0. The number of hydrogen-bond acceptors (Lipinski definition) is 3. The van der Waals surface area contributed by atoms with Crippen molar-refractivity contribution in [2.45, 2.75) is 36.2 Å². The molecule has 0 heterocycles. The second-order valence-electron chi connectivity index (χ2n) is 4.15. The van der Waals surface area contributed by atoms with Crippen LogP contribution in [0.2, 0.25) is 0 Å². The van der Waals surface area contributed by atoms with E-state index in [1.54, 1.807) is 0 Å². The minimum Gasteiger partial charge on any atom is -0.254 e. The lowest BCUT2D eigenvalue weighted by Crippen LogP contribution is -2.75. The molecule has 18 heteroatoms. The molecular formula is C8F15NO2. The van der Waals surface area contributed by atoms with E-state index in [4.69, 9.17) is 0 Å². The number of halogens is 15. The van der Waals surface area contributed by atoms with Gasteiger partial charge < -0.3 is 0 Å². The summed E-state index contributed by atoms with van der Waals surface area (Å²) < 4.78 is 189. The van der Waals surface area contributed by atoms with Gasteiger partial charge in [0.05, 0.1) is 0 Å². The van der Waals surface area contributed by atoms with E-state index in [1.165, 1.54) is 0 Å². The number of rotatable bonds is 7. The zero-order chi connectivity index (χ0) is 21.7. The van der Waals surface area contributed by atoms with Gasteiger partial charge in [0.15, 0.2) is 0 Å². The Morgan fingerprint density at radius 1 is 0.500 bits per heavy atom. The highest BCUT2D eigenvalue weighted by atomic mass is 19.4. The third kappa shape index (κ3) is 3.29. The zero-order valence-corrected chi connectivity index (χ0v) is 10.9. The van der Waals surface area contributed by atoms with Crippen molar-refractivity contribution in [2.75, 3.05) is 0 Å². The highest BCUT2D eigenvalue weighted by Gasteiger charge is 2.86. The molecule has 0 rings (SSSR count). The zero-order valence-electron chi connectivity index (χ0n) is 10.9. The normalized spacial score (nSPS) is 15.4. The maximum absolute atomic E-state index is 13.1. The predicted molar refractivity (Wildman–Crippen MR) is 44.9 cm³/mol. The Morgan fingerprint density at radius 2 is 0.731 bits per heavy atom. The van der Waals surface area contributed by atoms with Crippen molar-refractivity contribution in [1.29, 1.82) is 0 Å². The van der Waals surface area contributed by atoms with Crippen LogP contribution in [0.25, 0.3) is 0 Å². The smallest absolute Gasteiger partial charge is 0.254 e. The molecule has 0 fully saturated rings. The van der Waals surface area contributed by atoms with Gasteiger partial charge in [0, 0.05) is 0 Å². The Morgan fingerprint density at radius 3 is 0.885 bits per heavy atom. The van der Waals surface area contributed by atoms with Crippen molar-refractivity contribution in [3.05, 3.63) is 0 Å². The van der Waals surface area contributed by atoms with Gasteiger partial charge in [0.25, 0.3) is 0 Å². The van der Waals surface area contributed by atoms with Crippen LogP contribution in [-0.4, -0.2) is 53.1 Å². The summed E-state index contributed by atoms with van der Waals surface area (Å²) in [7, 11) is 0. The molecule has 0 aliphatic heterocycles. The maximum Gasteiger partial charge on any atom is 0.469 e. The quantitative estimate of drug-likeness (QED) is 0.352. The lowest BCUT2D eigenvalue weighted by Gasteiger charge is -2.43. The fraction of sp³-hybridized carbons (Fsp3) is 0.750. The second kappa shape index (κ2) is 6.15. The molecule has 0 bridgehead atoms. The highest BCUT2D eigenvalue weighted by Crippen LogP contribution is 2.55. The van der Waals surface area contributed by atoms with Crippen LogP contribution >= 0.6 is 0 Å². The molecule has 0 spiro atoms. The monoisotopic (exact) mass is 427 g/mol. The minimum atomic E-state index is -8.06. The molecule has 0 radical (unpaired) electrons. The molecule has 0 aliphatic rings. The van der Waals surface area contributed by atoms with Crippen LogP contribution in [0.1, 0.15) is 0 Å². The van der Waals surface area contributed by atoms with E-state index in [0.717, 1.165) is 0 Å². The minimum absolute atomic E-state index is 4.65. The summed E-state index contributed by atoms with van der Waals surface area (Å²) in [5.74, 6) is -15.0. The fourth-order valence-electron chi connectivity index (χ4n) is 1.17. The van der Waals surface area contributed by atoms with E-state index in [1.807, 2.05) is 0 Å². The average molecular weight is 427 g/mol. The molecule has 0 atom stereocenters. The molecule has 0 amide bonds. The summed E-state index contributed by atoms with van der Waals surface area (Å²) in [6, 6.07) is -33.7. The Kier molecular flexibility index (Phi) is 5.74. The lowest BCUT2D eigenvalue weighted by atomic mass is 10.1. The van der Waals surface area contributed by atoms with Crippen molar-refractivity contribution in [3.63, 3.8) is 0 Å². The molecule has 154 valence electrons. The van der Waals surface area contributed by atoms with Crippen molar-refractivity contribution >= 4 is 12.1 Å². The van der Waals surface area contributed by atoms with Gasteiger partial charge >= 0.3 is 48.2 Å². The van der Waals surface area contributed by atoms with Gasteiger partial charge in [0.1, 0.15) is 0 Å². The first-order valence-electron chi connectivity index (χ1n) is 5.16. The van der Waals surface area contributed by atoms with Crippen LogP contribution in [-0.2, 0) is 9.59 Å². The Bertz CT molecular complexity index is 541. The maximum atomic E-state index is 13.1. The third-order valence-corrected chi connectivity index (χ3v) is 2.43. The average Bonchev–Trinajstić information content (AvgIpc) is 2.34. The third-order valence-electron chi connectivity index (χ3n) is 2.43. The van der Waals surface area contributed by atoms with Crippen LogP contribution in [0.3, 0.4) is 0 Å². The van der Waals surface area contributed by atoms with Crippen LogP contribution in [0.4, 0.5) is 65.9 Å². The van der Waals surface area contributed by atoms with E-state index < -0.39 is 53.1 Å². The first-order valence-corrected chi connectivity index (χ1v) is 5.16. The Hall–Kier alpha value is -1.75. The predicted octanol–water partition coefficient (Wildman–Crippen LogP) is 3.89. The lowest BCUT2D eigenvalue weighted by molar-refractivity contribution is -0.476. The Labute approximate surface area is 130 Å². The van der Waals surface area contributed by atoms with Gasteiger partial charge in [-0.25, -0.2) is 0 Å². The van der Waals surface area contributed by atoms with Crippen LogP contribution in [0, 0.1) is 0 Å². The van der Waals surface area contributed by atoms with Crippen molar-refractivity contribution < 1.29 is 75.4 Å². The van der Waals surface area contributed by atoms with E-state index in [2.05, 4.69) is 0 Å². The first-order chi connectivity index (χ1) is 11.0. The second-order valence-corrected chi connectivity index (χ2v) is 4.15.